The Morgan fingerprint density at radius 3 is 2.81 bits per heavy atom. The van der Waals surface area contributed by atoms with Gasteiger partial charge in [0.05, 0.1) is 12.8 Å². The maximum atomic E-state index is 11.8. The van der Waals surface area contributed by atoms with E-state index in [-0.39, 0.29) is 6.03 Å². The largest absolute Gasteiger partial charge is 0.469 e. The highest BCUT2D eigenvalue weighted by Gasteiger charge is 2.08. The highest BCUT2D eigenvalue weighted by Crippen LogP contribution is 2.07. The van der Waals surface area contributed by atoms with Crippen LogP contribution in [0.15, 0.2) is 29.1 Å². The molecule has 2 heterocycles. The van der Waals surface area contributed by atoms with Gasteiger partial charge in [0.2, 0.25) is 0 Å². The Bertz CT molecular complexity index is 586. The van der Waals surface area contributed by atoms with Crippen molar-refractivity contribution >= 4 is 6.03 Å². The van der Waals surface area contributed by atoms with Crippen LogP contribution in [0.4, 0.5) is 4.79 Å². The van der Waals surface area contributed by atoms with E-state index in [0.717, 1.165) is 23.7 Å². The van der Waals surface area contributed by atoms with Crippen molar-refractivity contribution in [1.82, 2.24) is 20.2 Å². The molecule has 0 saturated carbocycles. The lowest BCUT2D eigenvalue weighted by atomic mass is 10.2. The molecule has 2 N–H and O–H groups in total. The second-order valence-corrected chi connectivity index (χ2v) is 5.43. The second-order valence-electron chi connectivity index (χ2n) is 5.43. The topological polar surface area (TPSA) is 72.1 Å². The second kappa shape index (κ2) is 6.97. The molecular weight excluding hydrogens is 268 g/mol. The normalized spacial score (nSPS) is 10.9. The number of aryl methyl sites for hydroxylation is 1. The van der Waals surface area contributed by atoms with Crippen molar-refractivity contribution in [3.8, 4) is 0 Å². The first-order chi connectivity index (χ1) is 10.1. The number of rotatable bonds is 6. The first-order valence-electron chi connectivity index (χ1n) is 7.11. The van der Waals surface area contributed by atoms with Gasteiger partial charge in [-0.25, -0.2) is 9.78 Å². The number of carbonyl (C=O) groups is 1. The molecule has 0 radical (unpaired) electrons. The molecule has 2 amide bonds. The Hall–Kier alpha value is -2.24. The number of hydrogen-bond acceptors (Lipinski definition) is 3. The average Bonchev–Trinajstić information content (AvgIpc) is 3.02. The molecule has 0 bridgehead atoms. The summed E-state index contributed by atoms with van der Waals surface area (Å²) in [5.41, 5.74) is 0.978. The Morgan fingerprint density at radius 2 is 2.14 bits per heavy atom. The van der Waals surface area contributed by atoms with Crippen LogP contribution in [0.1, 0.15) is 31.0 Å². The van der Waals surface area contributed by atoms with E-state index in [1.54, 1.807) is 12.5 Å². The number of amides is 2. The van der Waals surface area contributed by atoms with Gasteiger partial charge in [0, 0.05) is 31.0 Å². The molecule has 0 atom stereocenters. The zero-order valence-electron chi connectivity index (χ0n) is 12.7. The lowest BCUT2D eigenvalue weighted by molar-refractivity contribution is 0.239. The molecule has 0 aromatic carbocycles. The fraction of sp³-hybridized carbons (Fsp3) is 0.467. The number of hydrogen-bond donors (Lipinski definition) is 2. The summed E-state index contributed by atoms with van der Waals surface area (Å²) in [6.45, 7) is 7.93. The van der Waals surface area contributed by atoms with Crippen LogP contribution in [0.5, 0.6) is 0 Å². The maximum absolute atomic E-state index is 11.8. The lowest BCUT2D eigenvalue weighted by Gasteiger charge is -2.11. The molecule has 0 fully saturated rings. The van der Waals surface area contributed by atoms with Crippen molar-refractivity contribution in [2.75, 3.05) is 0 Å². The highest BCUT2D eigenvalue weighted by atomic mass is 16.3. The summed E-state index contributed by atoms with van der Waals surface area (Å²) in [6, 6.07) is 1.64. The van der Waals surface area contributed by atoms with Crippen LogP contribution in [-0.4, -0.2) is 15.6 Å². The van der Waals surface area contributed by atoms with Gasteiger partial charge in [-0.1, -0.05) is 13.8 Å². The van der Waals surface area contributed by atoms with E-state index in [9.17, 15) is 4.79 Å². The molecule has 0 aliphatic rings. The van der Waals surface area contributed by atoms with E-state index >= 15 is 0 Å². The molecule has 6 nitrogen and oxygen atoms in total. The van der Waals surface area contributed by atoms with Crippen molar-refractivity contribution in [1.29, 1.82) is 0 Å². The van der Waals surface area contributed by atoms with E-state index in [2.05, 4.69) is 34.0 Å². The molecule has 0 aliphatic heterocycles. The van der Waals surface area contributed by atoms with Gasteiger partial charge in [0.15, 0.2) is 0 Å². The van der Waals surface area contributed by atoms with E-state index in [4.69, 9.17) is 4.42 Å². The van der Waals surface area contributed by atoms with Gasteiger partial charge in [-0.2, -0.15) is 0 Å². The minimum atomic E-state index is -0.213. The van der Waals surface area contributed by atoms with Gasteiger partial charge in [0.1, 0.15) is 11.6 Å². The Morgan fingerprint density at radius 1 is 1.38 bits per heavy atom. The van der Waals surface area contributed by atoms with Crippen LogP contribution in [-0.2, 0) is 19.6 Å². The minimum absolute atomic E-state index is 0.213. The van der Waals surface area contributed by atoms with Crippen molar-refractivity contribution in [3.63, 3.8) is 0 Å². The van der Waals surface area contributed by atoms with Gasteiger partial charge in [-0.15, -0.1) is 0 Å². The van der Waals surface area contributed by atoms with Crippen LogP contribution in [0, 0.1) is 12.8 Å². The van der Waals surface area contributed by atoms with Crippen LogP contribution in [0.3, 0.4) is 0 Å². The Balaban J connectivity index is 1.79. The molecule has 0 saturated heterocycles. The van der Waals surface area contributed by atoms with E-state index in [1.807, 2.05) is 19.2 Å². The van der Waals surface area contributed by atoms with Gasteiger partial charge >= 0.3 is 6.03 Å². The number of furan rings is 1. The summed E-state index contributed by atoms with van der Waals surface area (Å²) >= 11 is 0. The summed E-state index contributed by atoms with van der Waals surface area (Å²) in [6.07, 6.45) is 5.31. The molecule has 2 rings (SSSR count). The van der Waals surface area contributed by atoms with Crippen molar-refractivity contribution in [2.45, 2.75) is 40.4 Å². The number of urea groups is 1. The summed E-state index contributed by atoms with van der Waals surface area (Å²) in [5, 5.41) is 5.62. The van der Waals surface area contributed by atoms with E-state index in [1.165, 1.54) is 0 Å². The highest BCUT2D eigenvalue weighted by molar-refractivity contribution is 5.73. The summed E-state index contributed by atoms with van der Waals surface area (Å²) in [4.78, 5) is 16.1. The number of carbonyl (C=O) groups excluding carboxylic acids is 1. The van der Waals surface area contributed by atoms with Crippen LogP contribution >= 0.6 is 0 Å². The zero-order valence-corrected chi connectivity index (χ0v) is 12.7. The third-order valence-electron chi connectivity index (χ3n) is 3.18. The minimum Gasteiger partial charge on any atom is -0.469 e. The molecular formula is C15H22N4O2. The standard InChI is InChI=1S/C15H22N4O2/c1-11(2)10-19-6-5-16-14(19)9-18-15(20)17-8-13-4-7-21-12(13)3/h4-7,11H,8-10H2,1-3H3,(H2,17,18,20). The molecule has 0 aliphatic carbocycles. The number of nitrogens with one attached hydrogen (secondary N) is 2. The fourth-order valence-electron chi connectivity index (χ4n) is 2.06. The molecule has 6 heteroatoms. The Kier molecular flexibility index (Phi) is 5.03. The first-order valence-corrected chi connectivity index (χ1v) is 7.11. The molecule has 2 aromatic rings. The molecule has 0 unspecified atom stereocenters. The van der Waals surface area contributed by atoms with Gasteiger partial charge in [-0.05, 0) is 18.9 Å². The fourth-order valence-corrected chi connectivity index (χ4v) is 2.06. The zero-order chi connectivity index (χ0) is 15.2. The van der Waals surface area contributed by atoms with Gasteiger partial charge < -0.3 is 19.6 Å². The van der Waals surface area contributed by atoms with Crippen LogP contribution in [0.25, 0.3) is 0 Å². The predicted molar refractivity (Wildman–Crippen MR) is 79.6 cm³/mol. The Labute approximate surface area is 124 Å². The summed E-state index contributed by atoms with van der Waals surface area (Å²) < 4.78 is 7.24. The van der Waals surface area contributed by atoms with Crippen molar-refractivity contribution in [2.24, 2.45) is 5.92 Å². The summed E-state index contributed by atoms with van der Waals surface area (Å²) in [5.74, 6) is 2.22. The molecule has 114 valence electrons. The number of nitrogens with zero attached hydrogens (tertiary/aromatic N) is 2. The van der Waals surface area contributed by atoms with Crippen LogP contribution < -0.4 is 10.6 Å². The van der Waals surface area contributed by atoms with Gasteiger partial charge in [-0.3, -0.25) is 0 Å². The van der Waals surface area contributed by atoms with Crippen molar-refractivity contribution in [3.05, 3.63) is 41.9 Å². The monoisotopic (exact) mass is 290 g/mol. The van der Waals surface area contributed by atoms with Gasteiger partial charge in [0.25, 0.3) is 0 Å². The third kappa shape index (κ3) is 4.37. The number of aromatic nitrogens is 2. The van der Waals surface area contributed by atoms with Crippen LogP contribution in [0.2, 0.25) is 0 Å². The molecule has 21 heavy (non-hydrogen) atoms. The number of imidazole rings is 1. The maximum Gasteiger partial charge on any atom is 0.315 e. The van der Waals surface area contributed by atoms with E-state index in [0.29, 0.717) is 19.0 Å². The molecule has 2 aromatic heterocycles. The predicted octanol–water partition coefficient (Wildman–Crippen LogP) is 2.44. The van der Waals surface area contributed by atoms with Crippen molar-refractivity contribution < 1.29 is 9.21 Å². The lowest BCUT2D eigenvalue weighted by Crippen LogP contribution is -2.35. The quantitative estimate of drug-likeness (QED) is 0.858. The van der Waals surface area contributed by atoms with E-state index < -0.39 is 0 Å². The third-order valence-corrected chi connectivity index (χ3v) is 3.18. The molecule has 0 spiro atoms. The SMILES string of the molecule is Cc1occc1CNC(=O)NCc1nccn1CC(C)C. The average molecular weight is 290 g/mol. The first kappa shape index (κ1) is 15.2. The summed E-state index contributed by atoms with van der Waals surface area (Å²) in [7, 11) is 0. The smallest absolute Gasteiger partial charge is 0.315 e.